The first kappa shape index (κ1) is 14.6. The van der Waals surface area contributed by atoms with Crippen LogP contribution in [0.3, 0.4) is 0 Å². The van der Waals surface area contributed by atoms with Crippen LogP contribution in [0, 0.1) is 25.5 Å². The van der Waals surface area contributed by atoms with Crippen LogP contribution in [0.25, 0.3) is 0 Å². The van der Waals surface area contributed by atoms with E-state index in [0.717, 1.165) is 0 Å². The van der Waals surface area contributed by atoms with E-state index in [1.807, 2.05) is 0 Å². The summed E-state index contributed by atoms with van der Waals surface area (Å²) in [4.78, 5) is 2.45. The Balaban J connectivity index is 2.01. The minimum atomic E-state index is -0.536. The van der Waals surface area contributed by atoms with E-state index in [1.165, 1.54) is 27.5 Å². The number of halogens is 3. The number of benzene rings is 1. The molecule has 102 valence electrons. The predicted octanol–water partition coefficient (Wildman–Crippen LogP) is 4.70. The summed E-state index contributed by atoms with van der Waals surface area (Å²) in [5.41, 5.74) is 1.32. The molecule has 1 aromatic heterocycles. The summed E-state index contributed by atoms with van der Waals surface area (Å²) in [5, 5.41) is 3.08. The fraction of sp³-hybridized carbons (Fsp3) is 0.286. The summed E-state index contributed by atoms with van der Waals surface area (Å²) in [6.07, 6.45) is 0. The average molecular weight is 346 g/mol. The standard InChI is InChI=1S/C14H14BrF2NS/c1-8-5-10(19-9(8)2)6-18-7-11-13(16)4-3-12(15)14(11)17/h3-5,18H,6-7H2,1-2H3. The zero-order valence-electron chi connectivity index (χ0n) is 10.7. The molecule has 0 spiro atoms. The molecule has 0 saturated carbocycles. The third kappa shape index (κ3) is 3.41. The molecule has 2 aromatic rings. The topological polar surface area (TPSA) is 12.0 Å². The van der Waals surface area contributed by atoms with Crippen LogP contribution in [-0.2, 0) is 13.1 Å². The molecule has 0 aliphatic rings. The van der Waals surface area contributed by atoms with Crippen molar-refractivity contribution in [3.8, 4) is 0 Å². The monoisotopic (exact) mass is 345 g/mol. The van der Waals surface area contributed by atoms with Crippen LogP contribution in [0.1, 0.15) is 20.9 Å². The van der Waals surface area contributed by atoms with Crippen molar-refractivity contribution in [2.45, 2.75) is 26.9 Å². The largest absolute Gasteiger partial charge is 0.308 e. The van der Waals surface area contributed by atoms with Crippen molar-refractivity contribution in [2.75, 3.05) is 0 Å². The predicted molar refractivity (Wildman–Crippen MR) is 78.4 cm³/mol. The molecule has 0 radical (unpaired) electrons. The first-order valence-corrected chi connectivity index (χ1v) is 7.49. The molecule has 0 saturated heterocycles. The molecule has 1 aromatic carbocycles. The summed E-state index contributed by atoms with van der Waals surface area (Å²) in [5.74, 6) is -1.06. The maximum absolute atomic E-state index is 13.7. The number of hydrogen-bond donors (Lipinski definition) is 1. The van der Waals surface area contributed by atoms with E-state index in [9.17, 15) is 8.78 Å². The van der Waals surface area contributed by atoms with Crippen molar-refractivity contribution in [3.05, 3.63) is 55.2 Å². The molecule has 0 bridgehead atoms. The molecule has 1 nitrogen and oxygen atoms in total. The normalized spacial score (nSPS) is 11.0. The molecule has 5 heteroatoms. The van der Waals surface area contributed by atoms with Gasteiger partial charge in [0.1, 0.15) is 11.6 Å². The first-order valence-electron chi connectivity index (χ1n) is 5.88. The quantitative estimate of drug-likeness (QED) is 0.792. The highest BCUT2D eigenvalue weighted by atomic mass is 79.9. The molecule has 0 amide bonds. The second kappa shape index (κ2) is 6.11. The van der Waals surface area contributed by atoms with Gasteiger partial charge in [0, 0.05) is 28.4 Å². The van der Waals surface area contributed by atoms with Crippen molar-refractivity contribution in [1.82, 2.24) is 5.32 Å². The molecule has 0 aliphatic heterocycles. The van der Waals surface area contributed by atoms with E-state index in [2.05, 4.69) is 41.2 Å². The smallest absolute Gasteiger partial charge is 0.144 e. The highest BCUT2D eigenvalue weighted by molar-refractivity contribution is 9.10. The van der Waals surface area contributed by atoms with E-state index in [1.54, 1.807) is 11.3 Å². The van der Waals surface area contributed by atoms with Crippen LogP contribution in [0.2, 0.25) is 0 Å². The minimum absolute atomic E-state index is 0.0689. The molecule has 1 heterocycles. The third-order valence-corrected chi connectivity index (χ3v) is 4.72. The highest BCUT2D eigenvalue weighted by Crippen LogP contribution is 2.23. The van der Waals surface area contributed by atoms with Crippen molar-refractivity contribution >= 4 is 27.3 Å². The van der Waals surface area contributed by atoms with E-state index >= 15 is 0 Å². The highest BCUT2D eigenvalue weighted by Gasteiger charge is 2.12. The van der Waals surface area contributed by atoms with Crippen LogP contribution in [0.15, 0.2) is 22.7 Å². The summed E-state index contributed by atoms with van der Waals surface area (Å²) < 4.78 is 27.5. The van der Waals surface area contributed by atoms with Crippen molar-refractivity contribution < 1.29 is 8.78 Å². The van der Waals surface area contributed by atoms with Gasteiger partial charge < -0.3 is 5.32 Å². The van der Waals surface area contributed by atoms with Gasteiger partial charge in [-0.1, -0.05) is 0 Å². The van der Waals surface area contributed by atoms with Gasteiger partial charge in [-0.2, -0.15) is 0 Å². The Kier molecular flexibility index (Phi) is 4.71. The van der Waals surface area contributed by atoms with Crippen molar-refractivity contribution in [3.63, 3.8) is 0 Å². The van der Waals surface area contributed by atoms with Gasteiger partial charge in [-0.15, -0.1) is 11.3 Å². The Morgan fingerprint density at radius 2 is 1.95 bits per heavy atom. The second-order valence-corrected chi connectivity index (χ2v) is 6.57. The lowest BCUT2D eigenvalue weighted by Gasteiger charge is -2.07. The van der Waals surface area contributed by atoms with Gasteiger partial charge in [0.2, 0.25) is 0 Å². The van der Waals surface area contributed by atoms with Gasteiger partial charge in [-0.3, -0.25) is 0 Å². The first-order chi connectivity index (χ1) is 8.99. The van der Waals surface area contributed by atoms with Crippen LogP contribution in [0.5, 0.6) is 0 Å². The second-order valence-electron chi connectivity index (χ2n) is 4.38. The van der Waals surface area contributed by atoms with Crippen LogP contribution in [-0.4, -0.2) is 0 Å². The lowest BCUT2D eigenvalue weighted by molar-refractivity contribution is 0.532. The fourth-order valence-corrected chi connectivity index (χ4v) is 3.17. The molecular formula is C14H14BrF2NS. The maximum Gasteiger partial charge on any atom is 0.144 e. The van der Waals surface area contributed by atoms with Gasteiger partial charge in [0.05, 0.1) is 4.47 Å². The molecule has 1 N–H and O–H groups in total. The Morgan fingerprint density at radius 3 is 2.58 bits per heavy atom. The van der Waals surface area contributed by atoms with Gasteiger partial charge in [0.25, 0.3) is 0 Å². The molecule has 0 fully saturated rings. The Labute approximate surface area is 123 Å². The third-order valence-electron chi connectivity index (χ3n) is 2.96. The van der Waals surface area contributed by atoms with Gasteiger partial charge >= 0.3 is 0 Å². The Bertz CT molecular complexity index is 576. The van der Waals surface area contributed by atoms with Crippen LogP contribution < -0.4 is 5.32 Å². The van der Waals surface area contributed by atoms with Gasteiger partial charge in [-0.25, -0.2) is 8.78 Å². The summed E-state index contributed by atoms with van der Waals surface area (Å²) >= 11 is 4.76. The Hall–Kier alpha value is -0.780. The zero-order chi connectivity index (χ0) is 14.0. The van der Waals surface area contributed by atoms with E-state index in [-0.39, 0.29) is 16.6 Å². The lowest BCUT2D eigenvalue weighted by atomic mass is 10.2. The summed E-state index contributed by atoms with van der Waals surface area (Å²) in [6, 6.07) is 4.74. The molecule has 19 heavy (non-hydrogen) atoms. The number of aryl methyl sites for hydroxylation is 2. The van der Waals surface area contributed by atoms with E-state index < -0.39 is 11.6 Å². The molecule has 0 aliphatic carbocycles. The van der Waals surface area contributed by atoms with Gasteiger partial charge in [0.15, 0.2) is 0 Å². The van der Waals surface area contributed by atoms with E-state index in [0.29, 0.717) is 6.54 Å². The zero-order valence-corrected chi connectivity index (χ0v) is 13.1. The lowest BCUT2D eigenvalue weighted by Crippen LogP contribution is -2.14. The SMILES string of the molecule is Cc1cc(CNCc2c(F)ccc(Br)c2F)sc1C. The average Bonchev–Trinajstić information content (AvgIpc) is 2.68. The number of hydrogen-bond acceptors (Lipinski definition) is 2. The van der Waals surface area contributed by atoms with Crippen LogP contribution in [0.4, 0.5) is 8.78 Å². The molecule has 0 unspecified atom stereocenters. The van der Waals surface area contributed by atoms with Crippen molar-refractivity contribution in [1.29, 1.82) is 0 Å². The van der Waals surface area contributed by atoms with Gasteiger partial charge in [-0.05, 0) is 53.5 Å². The minimum Gasteiger partial charge on any atom is -0.308 e. The van der Waals surface area contributed by atoms with E-state index in [4.69, 9.17) is 0 Å². The summed E-state index contributed by atoms with van der Waals surface area (Å²) in [6.45, 7) is 4.91. The fourth-order valence-electron chi connectivity index (χ4n) is 1.78. The Morgan fingerprint density at radius 1 is 1.21 bits per heavy atom. The molecular weight excluding hydrogens is 332 g/mol. The number of rotatable bonds is 4. The number of thiophene rings is 1. The summed E-state index contributed by atoms with van der Waals surface area (Å²) in [7, 11) is 0. The van der Waals surface area contributed by atoms with Crippen LogP contribution >= 0.6 is 27.3 Å². The van der Waals surface area contributed by atoms with Crippen molar-refractivity contribution in [2.24, 2.45) is 0 Å². The number of nitrogens with one attached hydrogen (secondary N) is 1. The molecule has 2 rings (SSSR count). The molecule has 0 atom stereocenters. The maximum atomic E-state index is 13.7.